The number of halogens is 2. The fraction of sp³-hybridized carbons (Fsp3) is 0.375. The van der Waals surface area contributed by atoms with Crippen molar-refractivity contribution >= 4 is 22.5 Å². The van der Waals surface area contributed by atoms with Crippen LogP contribution in [-0.4, -0.2) is 52.8 Å². The second-order valence-electron chi connectivity index (χ2n) is 11.1. The van der Waals surface area contributed by atoms with E-state index in [-0.39, 0.29) is 12.1 Å². The Morgan fingerprint density at radius 2 is 1.90 bits per heavy atom. The SMILES string of the molecule is C[C@H]1CCCN1COc1cccc(C(=O)Nn2ncc3cc(Cc4cc(F)cc(F)c4)ccc32)c1NC1CCCCO1. The van der Waals surface area contributed by atoms with Gasteiger partial charge in [0.2, 0.25) is 0 Å². The monoisotopic (exact) mass is 575 g/mol. The molecule has 3 heterocycles. The number of likely N-dealkylation sites (tertiary alicyclic amines) is 1. The molecule has 0 saturated carbocycles. The molecule has 0 aliphatic carbocycles. The third kappa shape index (κ3) is 6.39. The molecule has 2 aliphatic rings. The summed E-state index contributed by atoms with van der Waals surface area (Å²) >= 11 is 0. The van der Waals surface area contributed by atoms with Crippen molar-refractivity contribution in [1.82, 2.24) is 14.8 Å². The molecule has 1 unspecified atom stereocenters. The number of aromatic nitrogens is 2. The second kappa shape index (κ2) is 12.5. The number of fused-ring (bicyclic) bond motifs is 1. The van der Waals surface area contributed by atoms with Gasteiger partial charge in [0.1, 0.15) is 30.3 Å². The average Bonchev–Trinajstić information content (AvgIpc) is 3.57. The minimum Gasteiger partial charge on any atom is -0.476 e. The Kier molecular flexibility index (Phi) is 8.34. The molecule has 1 amide bonds. The quantitative estimate of drug-likeness (QED) is 0.253. The summed E-state index contributed by atoms with van der Waals surface area (Å²) in [5.41, 5.74) is 6.01. The van der Waals surface area contributed by atoms with Crippen molar-refractivity contribution in [2.45, 2.75) is 57.7 Å². The third-order valence-electron chi connectivity index (χ3n) is 8.00. The molecule has 2 fully saturated rings. The highest BCUT2D eigenvalue weighted by molar-refractivity contribution is 6.06. The number of nitrogens with one attached hydrogen (secondary N) is 2. The normalized spacial score (nSPS) is 19.2. The number of rotatable bonds is 9. The van der Waals surface area contributed by atoms with Crippen molar-refractivity contribution in [3.8, 4) is 5.75 Å². The summed E-state index contributed by atoms with van der Waals surface area (Å²) in [5, 5.41) is 8.60. The molecule has 220 valence electrons. The van der Waals surface area contributed by atoms with Crippen LogP contribution in [0.5, 0.6) is 5.75 Å². The molecule has 1 aromatic heterocycles. The van der Waals surface area contributed by atoms with E-state index in [1.807, 2.05) is 30.3 Å². The van der Waals surface area contributed by atoms with Gasteiger partial charge in [0, 0.05) is 30.6 Å². The van der Waals surface area contributed by atoms with Crippen LogP contribution in [0.1, 0.15) is 60.5 Å². The van der Waals surface area contributed by atoms with Crippen molar-refractivity contribution in [3.63, 3.8) is 0 Å². The molecule has 4 aromatic rings. The fourth-order valence-electron chi connectivity index (χ4n) is 5.73. The molecule has 0 bridgehead atoms. The number of para-hydroxylation sites is 1. The highest BCUT2D eigenvalue weighted by atomic mass is 19.1. The first-order chi connectivity index (χ1) is 20.4. The van der Waals surface area contributed by atoms with Crippen molar-refractivity contribution in [2.24, 2.45) is 0 Å². The minimum atomic E-state index is -0.606. The van der Waals surface area contributed by atoms with Gasteiger partial charge in [0.25, 0.3) is 5.91 Å². The van der Waals surface area contributed by atoms with Crippen LogP contribution in [0.15, 0.2) is 60.8 Å². The van der Waals surface area contributed by atoms with E-state index in [4.69, 9.17) is 9.47 Å². The predicted molar refractivity (Wildman–Crippen MR) is 157 cm³/mol. The van der Waals surface area contributed by atoms with Gasteiger partial charge in [-0.05, 0) is 93.0 Å². The molecule has 8 nitrogen and oxygen atoms in total. The number of carbonyl (C=O) groups is 1. The Hall–Kier alpha value is -4.02. The van der Waals surface area contributed by atoms with Crippen LogP contribution in [0.25, 0.3) is 10.9 Å². The molecule has 0 radical (unpaired) electrons. The predicted octanol–water partition coefficient (Wildman–Crippen LogP) is 6.05. The highest BCUT2D eigenvalue weighted by Crippen LogP contribution is 2.32. The zero-order chi connectivity index (χ0) is 29.1. The van der Waals surface area contributed by atoms with Crippen LogP contribution in [0, 0.1) is 11.6 Å². The van der Waals surface area contributed by atoms with E-state index in [9.17, 15) is 13.6 Å². The first-order valence-electron chi connectivity index (χ1n) is 14.5. The smallest absolute Gasteiger partial charge is 0.273 e. The number of amides is 1. The summed E-state index contributed by atoms with van der Waals surface area (Å²) in [7, 11) is 0. The largest absolute Gasteiger partial charge is 0.476 e. The number of hydrogen-bond acceptors (Lipinski definition) is 6. The van der Waals surface area contributed by atoms with Gasteiger partial charge in [-0.1, -0.05) is 12.1 Å². The maximum atomic E-state index is 13.7. The van der Waals surface area contributed by atoms with Gasteiger partial charge in [-0.15, -0.1) is 0 Å². The number of anilines is 1. The van der Waals surface area contributed by atoms with Crippen LogP contribution in [0.4, 0.5) is 14.5 Å². The molecule has 6 rings (SSSR count). The Balaban J connectivity index is 1.22. The molecular weight excluding hydrogens is 540 g/mol. The third-order valence-corrected chi connectivity index (χ3v) is 8.00. The average molecular weight is 576 g/mol. The zero-order valence-electron chi connectivity index (χ0n) is 23.6. The van der Waals surface area contributed by atoms with Gasteiger partial charge in [-0.3, -0.25) is 9.69 Å². The lowest BCUT2D eigenvalue weighted by atomic mass is 10.0. The maximum Gasteiger partial charge on any atom is 0.273 e. The number of benzene rings is 3. The van der Waals surface area contributed by atoms with E-state index in [0.29, 0.717) is 53.9 Å². The summed E-state index contributed by atoms with van der Waals surface area (Å²) in [6.45, 7) is 4.31. The number of carbonyl (C=O) groups excluding carboxylic acids is 1. The van der Waals surface area contributed by atoms with Gasteiger partial charge in [-0.2, -0.15) is 9.89 Å². The second-order valence-corrected chi connectivity index (χ2v) is 11.1. The van der Waals surface area contributed by atoms with Crippen molar-refractivity contribution < 1.29 is 23.0 Å². The van der Waals surface area contributed by atoms with Crippen LogP contribution in [0.3, 0.4) is 0 Å². The molecule has 2 N–H and O–H groups in total. The lowest BCUT2D eigenvalue weighted by molar-refractivity contribution is 0.0339. The Morgan fingerprint density at radius 1 is 1.05 bits per heavy atom. The summed E-state index contributed by atoms with van der Waals surface area (Å²) in [6, 6.07) is 15.0. The van der Waals surface area contributed by atoms with E-state index in [0.717, 1.165) is 55.7 Å². The summed E-state index contributed by atoms with van der Waals surface area (Å²) in [4.78, 5) is 17.4. The van der Waals surface area contributed by atoms with Gasteiger partial charge in [-0.25, -0.2) is 14.2 Å². The van der Waals surface area contributed by atoms with Gasteiger partial charge >= 0.3 is 0 Å². The highest BCUT2D eigenvalue weighted by Gasteiger charge is 2.24. The molecule has 10 heteroatoms. The van der Waals surface area contributed by atoms with E-state index >= 15 is 0 Å². The lowest BCUT2D eigenvalue weighted by Gasteiger charge is -2.28. The fourth-order valence-corrected chi connectivity index (χ4v) is 5.73. The summed E-state index contributed by atoms with van der Waals surface area (Å²) in [5.74, 6) is -0.964. The molecular formula is C32H35F2N5O3. The maximum absolute atomic E-state index is 13.7. The molecule has 3 aromatic carbocycles. The minimum absolute atomic E-state index is 0.212. The number of nitrogens with zero attached hydrogens (tertiary/aromatic N) is 3. The number of hydrogen-bond donors (Lipinski definition) is 2. The van der Waals surface area contributed by atoms with Crippen molar-refractivity contribution in [1.29, 1.82) is 0 Å². The van der Waals surface area contributed by atoms with Crippen molar-refractivity contribution in [2.75, 3.05) is 30.6 Å². The van der Waals surface area contributed by atoms with Crippen molar-refractivity contribution in [3.05, 3.63) is 89.1 Å². The van der Waals surface area contributed by atoms with E-state index in [1.165, 1.54) is 16.9 Å². The number of ether oxygens (including phenoxy) is 2. The van der Waals surface area contributed by atoms with Crippen LogP contribution in [-0.2, 0) is 11.2 Å². The molecule has 2 aliphatic heterocycles. The van der Waals surface area contributed by atoms with E-state index in [2.05, 4.69) is 27.7 Å². The first-order valence-corrected chi connectivity index (χ1v) is 14.5. The van der Waals surface area contributed by atoms with E-state index in [1.54, 1.807) is 12.3 Å². The molecule has 42 heavy (non-hydrogen) atoms. The Morgan fingerprint density at radius 3 is 2.67 bits per heavy atom. The zero-order valence-corrected chi connectivity index (χ0v) is 23.6. The standard InChI is InChI=1S/C32H35F2N5O3/c1-21-6-5-12-38(21)20-42-29-8-4-7-27(31(29)36-30-9-2-3-13-41-30)32(40)37-39-28-11-10-22(15-24(28)19-35-39)14-23-16-25(33)18-26(34)17-23/h4,7-8,10-11,15-19,21,30,36H,2-3,5-6,9,12-14,20H2,1H3,(H,37,40)/t21-,30?/m0/s1. The van der Waals surface area contributed by atoms with E-state index < -0.39 is 11.6 Å². The topological polar surface area (TPSA) is 80.7 Å². The summed E-state index contributed by atoms with van der Waals surface area (Å²) in [6.07, 6.45) is 7.00. The van der Waals surface area contributed by atoms with Gasteiger partial charge in [0.05, 0.1) is 23.0 Å². The molecule has 2 saturated heterocycles. The first kappa shape index (κ1) is 28.1. The van der Waals surface area contributed by atoms with Crippen LogP contribution in [0.2, 0.25) is 0 Å². The lowest BCUT2D eigenvalue weighted by Crippen LogP contribution is -2.32. The Labute approximate surface area is 243 Å². The Bertz CT molecular complexity index is 1550. The van der Waals surface area contributed by atoms with Crippen LogP contribution >= 0.6 is 0 Å². The summed E-state index contributed by atoms with van der Waals surface area (Å²) < 4.78 is 39.5. The molecule has 0 spiro atoms. The van der Waals surface area contributed by atoms with Gasteiger partial charge in [0.15, 0.2) is 0 Å². The van der Waals surface area contributed by atoms with Crippen LogP contribution < -0.4 is 15.5 Å². The van der Waals surface area contributed by atoms with Gasteiger partial charge < -0.3 is 14.8 Å². The molecule has 2 atom stereocenters.